The third-order valence-corrected chi connectivity index (χ3v) is 4.70. The average molecular weight is 337 g/mol. The predicted molar refractivity (Wildman–Crippen MR) is 94.5 cm³/mol. The zero-order chi connectivity index (χ0) is 16.5. The molecule has 0 amide bonds. The van der Waals surface area contributed by atoms with E-state index in [0.717, 1.165) is 21.8 Å². The number of carbonyl (C=O) groups excluding carboxylic acids is 1. The van der Waals surface area contributed by atoms with E-state index in [-0.39, 0.29) is 11.7 Å². The molecule has 0 radical (unpaired) electrons. The lowest BCUT2D eigenvalue weighted by atomic mass is 10.2. The molecule has 0 bridgehead atoms. The molecular weight excluding hydrogens is 322 g/mol. The van der Waals surface area contributed by atoms with Crippen LogP contribution in [0.1, 0.15) is 17.6 Å². The van der Waals surface area contributed by atoms with E-state index in [1.165, 1.54) is 11.8 Å². The van der Waals surface area contributed by atoms with Crippen LogP contribution in [0.25, 0.3) is 21.8 Å². The van der Waals surface area contributed by atoms with E-state index in [2.05, 4.69) is 10.2 Å². The first-order chi connectivity index (χ1) is 11.8. The maximum Gasteiger partial charge on any atom is 0.277 e. The molecule has 2 aromatic carbocycles. The normalized spacial score (nSPS) is 11.4. The fraction of sp³-hybridized carbons (Fsp3) is 0.167. The van der Waals surface area contributed by atoms with Gasteiger partial charge in [0.15, 0.2) is 0 Å². The second-order valence-electron chi connectivity index (χ2n) is 5.37. The Kier molecular flexibility index (Phi) is 3.82. The summed E-state index contributed by atoms with van der Waals surface area (Å²) in [6.07, 6.45) is 0.689. The Balaban J connectivity index is 1.70. The predicted octanol–water partition coefficient (Wildman–Crippen LogP) is 4.17. The standard InChI is InChI=1S/C18H15N3O2S/c1-2-16-19-20-18(23-16)24-11-17(22)21-14-9-5-3-7-12(14)13-8-4-6-10-15(13)21/h3-10H,2,11H2,1H3. The minimum Gasteiger partial charge on any atom is -0.416 e. The Morgan fingerprint density at radius 2 is 1.67 bits per heavy atom. The van der Waals surface area contributed by atoms with Crippen molar-refractivity contribution in [2.45, 2.75) is 18.6 Å². The van der Waals surface area contributed by atoms with Gasteiger partial charge in [0.05, 0.1) is 16.8 Å². The van der Waals surface area contributed by atoms with Crippen molar-refractivity contribution < 1.29 is 9.21 Å². The van der Waals surface area contributed by atoms with E-state index in [1.807, 2.05) is 55.5 Å². The van der Waals surface area contributed by atoms with Crippen LogP contribution in [0.5, 0.6) is 0 Å². The van der Waals surface area contributed by atoms with E-state index in [4.69, 9.17) is 4.42 Å². The number of benzene rings is 2. The molecule has 120 valence electrons. The summed E-state index contributed by atoms with van der Waals surface area (Å²) < 4.78 is 7.23. The topological polar surface area (TPSA) is 60.9 Å². The van der Waals surface area contributed by atoms with Gasteiger partial charge in [-0.1, -0.05) is 55.1 Å². The molecule has 4 rings (SSSR count). The molecule has 0 aliphatic heterocycles. The van der Waals surface area contributed by atoms with Gasteiger partial charge in [-0.2, -0.15) is 0 Å². The SMILES string of the molecule is CCc1nnc(SCC(=O)n2c3ccccc3c3ccccc32)o1. The molecule has 0 aliphatic carbocycles. The molecule has 4 aromatic rings. The zero-order valence-electron chi connectivity index (χ0n) is 13.1. The van der Waals surface area contributed by atoms with Gasteiger partial charge in [0, 0.05) is 17.2 Å². The Morgan fingerprint density at radius 1 is 1.04 bits per heavy atom. The number of nitrogens with zero attached hydrogens (tertiary/aromatic N) is 3. The van der Waals surface area contributed by atoms with Gasteiger partial charge in [0.25, 0.3) is 5.22 Å². The number of aryl methyl sites for hydroxylation is 1. The molecule has 2 heterocycles. The van der Waals surface area contributed by atoms with Crippen molar-refractivity contribution in [3.63, 3.8) is 0 Å². The van der Waals surface area contributed by atoms with Crippen molar-refractivity contribution in [1.29, 1.82) is 0 Å². The van der Waals surface area contributed by atoms with Crippen molar-refractivity contribution in [2.24, 2.45) is 0 Å². The number of hydrogen-bond acceptors (Lipinski definition) is 5. The van der Waals surface area contributed by atoms with Crippen molar-refractivity contribution >= 4 is 39.5 Å². The highest BCUT2D eigenvalue weighted by atomic mass is 32.2. The molecule has 0 aliphatic rings. The molecule has 5 nitrogen and oxygen atoms in total. The highest BCUT2D eigenvalue weighted by molar-refractivity contribution is 7.99. The van der Waals surface area contributed by atoms with Crippen LogP contribution in [0.2, 0.25) is 0 Å². The van der Waals surface area contributed by atoms with Gasteiger partial charge in [0.2, 0.25) is 11.8 Å². The van der Waals surface area contributed by atoms with Gasteiger partial charge >= 0.3 is 0 Å². The number of carbonyl (C=O) groups is 1. The smallest absolute Gasteiger partial charge is 0.277 e. The Morgan fingerprint density at radius 3 is 2.25 bits per heavy atom. The van der Waals surface area contributed by atoms with Crippen molar-refractivity contribution in [3.8, 4) is 0 Å². The summed E-state index contributed by atoms with van der Waals surface area (Å²) in [6, 6.07) is 15.9. The van der Waals surface area contributed by atoms with Crippen LogP contribution in [0.3, 0.4) is 0 Å². The summed E-state index contributed by atoms with van der Waals surface area (Å²) in [4.78, 5) is 12.8. The molecule has 0 spiro atoms. The monoisotopic (exact) mass is 337 g/mol. The summed E-state index contributed by atoms with van der Waals surface area (Å²) in [5.41, 5.74) is 1.84. The van der Waals surface area contributed by atoms with Crippen LogP contribution in [-0.2, 0) is 6.42 Å². The van der Waals surface area contributed by atoms with Gasteiger partial charge in [-0.15, -0.1) is 10.2 Å². The van der Waals surface area contributed by atoms with Crippen LogP contribution in [0, 0.1) is 0 Å². The zero-order valence-corrected chi connectivity index (χ0v) is 13.9. The van der Waals surface area contributed by atoms with Crippen LogP contribution >= 0.6 is 11.8 Å². The number of rotatable bonds is 4. The number of thioether (sulfide) groups is 1. The van der Waals surface area contributed by atoms with Crippen molar-refractivity contribution in [2.75, 3.05) is 5.75 Å². The van der Waals surface area contributed by atoms with Gasteiger partial charge in [-0.3, -0.25) is 9.36 Å². The molecule has 0 atom stereocenters. The second-order valence-corrected chi connectivity index (χ2v) is 6.29. The highest BCUT2D eigenvalue weighted by Gasteiger charge is 2.16. The lowest BCUT2D eigenvalue weighted by Gasteiger charge is -2.04. The molecule has 24 heavy (non-hydrogen) atoms. The number of para-hydroxylation sites is 2. The number of aromatic nitrogens is 3. The summed E-state index contributed by atoms with van der Waals surface area (Å²) in [5, 5.41) is 10.5. The van der Waals surface area contributed by atoms with E-state index in [0.29, 0.717) is 17.5 Å². The molecule has 0 saturated carbocycles. The van der Waals surface area contributed by atoms with Gasteiger partial charge in [-0.25, -0.2) is 0 Å². The van der Waals surface area contributed by atoms with Crippen LogP contribution in [0.15, 0.2) is 58.2 Å². The Labute approximate surface area is 142 Å². The third kappa shape index (κ3) is 2.49. The quantitative estimate of drug-likeness (QED) is 0.523. The van der Waals surface area contributed by atoms with Gasteiger partial charge in [-0.05, 0) is 12.1 Å². The highest BCUT2D eigenvalue weighted by Crippen LogP contribution is 2.29. The first-order valence-corrected chi connectivity index (χ1v) is 8.73. The lowest BCUT2D eigenvalue weighted by Crippen LogP contribution is -2.12. The number of fused-ring (bicyclic) bond motifs is 3. The first-order valence-electron chi connectivity index (χ1n) is 7.74. The minimum absolute atomic E-state index is 0.00588. The van der Waals surface area contributed by atoms with E-state index < -0.39 is 0 Å². The first kappa shape index (κ1) is 15.0. The molecule has 2 aromatic heterocycles. The summed E-state index contributed by atoms with van der Waals surface area (Å²) in [6.45, 7) is 1.95. The molecule has 6 heteroatoms. The van der Waals surface area contributed by atoms with Gasteiger partial charge < -0.3 is 4.42 Å². The van der Waals surface area contributed by atoms with Gasteiger partial charge in [0.1, 0.15) is 0 Å². The van der Waals surface area contributed by atoms with Crippen LogP contribution in [0.4, 0.5) is 0 Å². The maximum absolute atomic E-state index is 12.8. The third-order valence-electron chi connectivity index (χ3n) is 3.90. The fourth-order valence-corrected chi connectivity index (χ4v) is 3.45. The molecular formula is C18H15N3O2S. The van der Waals surface area contributed by atoms with E-state index in [9.17, 15) is 4.79 Å². The fourth-order valence-electron chi connectivity index (χ4n) is 2.82. The van der Waals surface area contributed by atoms with Crippen molar-refractivity contribution in [3.05, 3.63) is 54.4 Å². The van der Waals surface area contributed by atoms with Crippen LogP contribution < -0.4 is 0 Å². The molecule has 0 saturated heterocycles. The summed E-state index contributed by atoms with van der Waals surface area (Å²) in [5.74, 6) is 0.823. The van der Waals surface area contributed by atoms with Crippen LogP contribution in [-0.4, -0.2) is 26.4 Å². The Hall–Kier alpha value is -2.60. The van der Waals surface area contributed by atoms with E-state index >= 15 is 0 Å². The summed E-state index contributed by atoms with van der Waals surface area (Å²) >= 11 is 1.27. The van der Waals surface area contributed by atoms with E-state index in [1.54, 1.807) is 4.57 Å². The largest absolute Gasteiger partial charge is 0.416 e. The average Bonchev–Trinajstić information content (AvgIpc) is 3.22. The molecule has 0 unspecified atom stereocenters. The number of hydrogen-bond donors (Lipinski definition) is 0. The molecule has 0 fully saturated rings. The minimum atomic E-state index is -0.00588. The molecule has 0 N–H and O–H groups in total. The lowest BCUT2D eigenvalue weighted by molar-refractivity contribution is 0.0951. The summed E-state index contributed by atoms with van der Waals surface area (Å²) in [7, 11) is 0. The second kappa shape index (κ2) is 6.13. The Bertz CT molecular complexity index is 982. The van der Waals surface area contributed by atoms with Crippen molar-refractivity contribution in [1.82, 2.24) is 14.8 Å². The maximum atomic E-state index is 12.8.